The molecule has 0 saturated carbocycles. The summed E-state index contributed by atoms with van der Waals surface area (Å²) in [4.78, 5) is 2.34. The first-order chi connectivity index (χ1) is 20.5. The van der Waals surface area contributed by atoms with Gasteiger partial charge < -0.3 is 14.2 Å². The van der Waals surface area contributed by atoms with Gasteiger partial charge in [-0.2, -0.15) is 0 Å². The van der Waals surface area contributed by atoms with Gasteiger partial charge in [-0.15, -0.1) is 0 Å². The maximum absolute atomic E-state index is 6.34. The van der Waals surface area contributed by atoms with Crippen molar-refractivity contribution in [3.63, 3.8) is 0 Å². The zero-order chi connectivity index (χ0) is 30.0. The van der Waals surface area contributed by atoms with Crippen LogP contribution in [0.4, 0.5) is 17.1 Å². The van der Waals surface area contributed by atoms with E-state index in [1.807, 2.05) is 6.08 Å². The van der Waals surface area contributed by atoms with Crippen LogP contribution in [0.1, 0.15) is 52.7 Å². The second-order valence-corrected chi connectivity index (χ2v) is 13.3. The van der Waals surface area contributed by atoms with E-state index in [2.05, 4.69) is 162 Å². The third kappa shape index (κ3) is 4.58. The normalized spacial score (nSPS) is 18.8. The molecule has 1 saturated heterocycles. The minimum atomic E-state index is -0.395. The molecule has 1 aliphatic heterocycles. The van der Waals surface area contributed by atoms with E-state index >= 15 is 0 Å². The summed E-state index contributed by atoms with van der Waals surface area (Å²) in [5, 5.41) is 0. The van der Waals surface area contributed by atoms with Crippen LogP contribution in [0.5, 0.6) is 0 Å². The maximum atomic E-state index is 6.34. The zero-order valence-electron chi connectivity index (χ0n) is 25.8. The Morgan fingerprint density at radius 3 is 1.88 bits per heavy atom. The summed E-state index contributed by atoms with van der Waals surface area (Å²) < 4.78 is 12.7. The van der Waals surface area contributed by atoms with E-state index in [-0.39, 0.29) is 16.6 Å². The Kier molecular flexibility index (Phi) is 6.38. The first kappa shape index (κ1) is 27.6. The highest BCUT2D eigenvalue weighted by Gasteiger charge is 2.51. The predicted octanol–water partition coefficient (Wildman–Crippen LogP) is 9.10. The van der Waals surface area contributed by atoms with Crippen LogP contribution in [-0.2, 0) is 14.7 Å². The molecule has 3 aliphatic rings. The van der Waals surface area contributed by atoms with Gasteiger partial charge in [-0.05, 0) is 106 Å². The molecule has 4 heteroatoms. The van der Waals surface area contributed by atoms with Gasteiger partial charge in [-0.25, -0.2) is 0 Å². The Morgan fingerprint density at radius 1 is 0.651 bits per heavy atom. The van der Waals surface area contributed by atoms with Gasteiger partial charge in [-0.1, -0.05) is 54.6 Å². The molecule has 4 aromatic rings. The Hall–Kier alpha value is -4.21. The molecule has 0 atom stereocenters. The van der Waals surface area contributed by atoms with Gasteiger partial charge in [0.1, 0.15) is 12.2 Å². The fourth-order valence-electron chi connectivity index (χ4n) is 6.39. The van der Waals surface area contributed by atoms with Crippen LogP contribution in [0.15, 0.2) is 121 Å². The van der Waals surface area contributed by atoms with Crippen molar-refractivity contribution >= 4 is 35.2 Å². The molecule has 212 valence electrons. The molecule has 3 nitrogen and oxygen atoms in total. The minimum Gasteiger partial charge on any atom is -0.399 e. The number of rotatable bonds is 5. The van der Waals surface area contributed by atoms with Crippen molar-refractivity contribution in [3.05, 3.63) is 138 Å². The molecule has 0 N–H and O–H groups in total. The van der Waals surface area contributed by atoms with Gasteiger partial charge in [0, 0.05) is 28.7 Å². The Bertz CT molecular complexity index is 1760. The number of allylic oxidation sites excluding steroid dienone is 6. The summed E-state index contributed by atoms with van der Waals surface area (Å²) in [5.41, 5.74) is 11.1. The fourth-order valence-corrected chi connectivity index (χ4v) is 6.39. The second kappa shape index (κ2) is 9.93. The summed E-state index contributed by atoms with van der Waals surface area (Å²) in [6.45, 7) is 13.0. The molecule has 0 aromatic heterocycles. The molecule has 1 heterocycles. The first-order valence-corrected chi connectivity index (χ1v) is 15.1. The Labute approximate surface area is 256 Å². The molecule has 2 aliphatic carbocycles. The molecule has 0 spiro atoms. The van der Waals surface area contributed by atoms with Crippen molar-refractivity contribution in [2.75, 3.05) is 4.90 Å². The largest absolute Gasteiger partial charge is 0.494 e. The standard InChI is InChI=1S/C39H37BNO2/c1-37(2)35-15-11-10-14-33(35)34-25-24-32(26-36(34)37)41(30-20-16-28(17-21-30)27-12-8-7-9-13-27)31-22-18-29(19-23-31)40-42-38(3,4)39(5,6)43-40/h7-10,12-26H,1-6H3/q+1. The van der Waals surface area contributed by atoms with Gasteiger partial charge in [0.15, 0.2) is 0 Å². The van der Waals surface area contributed by atoms with Crippen molar-refractivity contribution in [1.29, 1.82) is 0 Å². The van der Waals surface area contributed by atoms with Gasteiger partial charge >= 0.3 is 7.12 Å². The van der Waals surface area contributed by atoms with Gasteiger partial charge in [0.25, 0.3) is 0 Å². The molecular formula is C39H37BNO2+. The van der Waals surface area contributed by atoms with E-state index in [4.69, 9.17) is 9.31 Å². The predicted molar refractivity (Wildman–Crippen MR) is 179 cm³/mol. The lowest BCUT2D eigenvalue weighted by Gasteiger charge is -2.32. The van der Waals surface area contributed by atoms with Crippen LogP contribution in [0.25, 0.3) is 16.7 Å². The second-order valence-electron chi connectivity index (χ2n) is 13.3. The summed E-state index contributed by atoms with van der Waals surface area (Å²) in [5.74, 6) is 0. The maximum Gasteiger partial charge on any atom is 0.494 e. The first-order valence-electron chi connectivity index (χ1n) is 15.1. The van der Waals surface area contributed by atoms with E-state index in [1.54, 1.807) is 0 Å². The lowest BCUT2D eigenvalue weighted by molar-refractivity contribution is 0.00578. The minimum absolute atomic E-state index is 0.109. The Balaban J connectivity index is 1.29. The molecule has 0 bridgehead atoms. The highest BCUT2D eigenvalue weighted by atomic mass is 16.7. The molecule has 0 radical (unpaired) electrons. The Morgan fingerprint density at radius 2 is 1.23 bits per heavy atom. The zero-order valence-corrected chi connectivity index (χ0v) is 25.8. The number of fused-ring (bicyclic) bond motifs is 2. The smallest absolute Gasteiger partial charge is 0.399 e. The van der Waals surface area contributed by atoms with E-state index in [0.717, 1.165) is 22.5 Å². The van der Waals surface area contributed by atoms with E-state index in [1.165, 1.54) is 33.4 Å². The van der Waals surface area contributed by atoms with Crippen molar-refractivity contribution < 1.29 is 9.31 Å². The van der Waals surface area contributed by atoms with Crippen molar-refractivity contribution in [3.8, 4) is 11.1 Å². The van der Waals surface area contributed by atoms with Gasteiger partial charge in [0.2, 0.25) is 0 Å². The number of benzene rings is 4. The summed E-state index contributed by atoms with van der Waals surface area (Å²) in [6.07, 6.45) is 9.65. The molecule has 0 amide bonds. The lowest BCUT2D eigenvalue weighted by Crippen LogP contribution is -2.41. The van der Waals surface area contributed by atoms with Crippen LogP contribution in [0, 0.1) is 6.08 Å². The molecule has 7 rings (SSSR count). The fraction of sp³-hybridized carbons (Fsp3) is 0.231. The number of hydrogen-bond acceptors (Lipinski definition) is 3. The van der Waals surface area contributed by atoms with Crippen LogP contribution in [0.2, 0.25) is 0 Å². The van der Waals surface area contributed by atoms with Crippen LogP contribution >= 0.6 is 0 Å². The van der Waals surface area contributed by atoms with Gasteiger partial charge in [-0.3, -0.25) is 0 Å². The highest BCUT2D eigenvalue weighted by molar-refractivity contribution is 6.62. The monoisotopic (exact) mass is 562 g/mol. The summed E-state index contributed by atoms with van der Waals surface area (Å²) in [6, 6.07) is 34.9. The van der Waals surface area contributed by atoms with Crippen LogP contribution in [-0.4, -0.2) is 18.3 Å². The SMILES string of the molecule is CC1(C)C2=C(C=C[C+]=C2)c2ccc(N(c3ccc(B4OC(C)(C)C(C)(C)O4)cc3)c3ccc(-c4ccccc4)cc3)cc21. The molecule has 0 unspecified atom stereocenters. The molecular weight excluding hydrogens is 525 g/mol. The van der Waals surface area contributed by atoms with E-state index in [9.17, 15) is 0 Å². The van der Waals surface area contributed by atoms with Crippen LogP contribution < -0.4 is 10.4 Å². The van der Waals surface area contributed by atoms with Gasteiger partial charge in [0.05, 0.1) is 33.8 Å². The lowest BCUT2D eigenvalue weighted by atomic mass is 9.79. The van der Waals surface area contributed by atoms with E-state index < -0.39 is 7.12 Å². The quantitative estimate of drug-likeness (QED) is 0.179. The average molecular weight is 563 g/mol. The van der Waals surface area contributed by atoms with Crippen molar-refractivity contribution in [2.24, 2.45) is 0 Å². The summed E-state index contributed by atoms with van der Waals surface area (Å²) in [7, 11) is -0.395. The van der Waals surface area contributed by atoms with Crippen molar-refractivity contribution in [2.45, 2.75) is 58.2 Å². The molecule has 43 heavy (non-hydrogen) atoms. The number of anilines is 3. The van der Waals surface area contributed by atoms with Crippen molar-refractivity contribution in [1.82, 2.24) is 0 Å². The molecule has 4 aromatic carbocycles. The van der Waals surface area contributed by atoms with Crippen LogP contribution in [0.3, 0.4) is 0 Å². The number of hydrogen-bond donors (Lipinski definition) is 0. The highest BCUT2D eigenvalue weighted by Crippen LogP contribution is 2.50. The van der Waals surface area contributed by atoms with E-state index in [0.29, 0.717) is 0 Å². The molecule has 1 fully saturated rings. The average Bonchev–Trinajstić information content (AvgIpc) is 3.38. The summed E-state index contributed by atoms with van der Waals surface area (Å²) >= 11 is 0. The number of nitrogens with zero attached hydrogens (tertiary/aromatic N) is 1. The topological polar surface area (TPSA) is 21.7 Å². The third-order valence-electron chi connectivity index (χ3n) is 9.67. The third-order valence-corrected chi connectivity index (χ3v) is 9.67.